The Morgan fingerprint density at radius 1 is 1.37 bits per heavy atom. The fraction of sp³-hybridized carbons (Fsp3) is 0.529. The van der Waals surface area contributed by atoms with Gasteiger partial charge in [0.1, 0.15) is 6.10 Å². The van der Waals surface area contributed by atoms with Crippen molar-refractivity contribution in [3.63, 3.8) is 0 Å². The maximum atomic E-state index is 14.3. The van der Waals surface area contributed by atoms with Gasteiger partial charge in [-0.05, 0) is 19.4 Å². The molecule has 1 saturated heterocycles. The summed E-state index contributed by atoms with van der Waals surface area (Å²) < 4.78 is 24.7. The second-order valence-corrected chi connectivity index (χ2v) is 6.43. The molecule has 9 nitrogen and oxygen atoms in total. The lowest BCUT2D eigenvalue weighted by Gasteiger charge is -2.23. The number of hydrogen-bond acceptors (Lipinski definition) is 8. The van der Waals surface area contributed by atoms with Gasteiger partial charge < -0.3 is 14.2 Å². The monoisotopic (exact) mass is 379 g/mol. The molecule has 3 rings (SSSR count). The fourth-order valence-corrected chi connectivity index (χ4v) is 3.03. The summed E-state index contributed by atoms with van der Waals surface area (Å²) in [6.07, 6.45) is 0.596. The van der Waals surface area contributed by atoms with Gasteiger partial charge >= 0.3 is 0 Å². The van der Waals surface area contributed by atoms with E-state index in [0.29, 0.717) is 43.6 Å². The third-order valence-electron chi connectivity index (χ3n) is 4.63. The zero-order chi connectivity index (χ0) is 19.4. The van der Waals surface area contributed by atoms with Crippen LogP contribution in [0.2, 0.25) is 0 Å². The smallest absolute Gasteiger partial charge is 0.272 e. The van der Waals surface area contributed by atoms with Crippen molar-refractivity contribution in [1.82, 2.24) is 15.0 Å². The van der Waals surface area contributed by atoms with Gasteiger partial charge in [0.25, 0.3) is 5.69 Å². The van der Waals surface area contributed by atoms with E-state index in [9.17, 15) is 14.5 Å². The van der Waals surface area contributed by atoms with E-state index < -0.39 is 10.7 Å². The molecule has 1 aliphatic heterocycles. The van der Waals surface area contributed by atoms with Crippen molar-refractivity contribution in [2.24, 2.45) is 0 Å². The quantitative estimate of drug-likeness (QED) is 0.558. The van der Waals surface area contributed by atoms with Crippen molar-refractivity contribution >= 4 is 11.4 Å². The SMILES string of the molecule is COC(C)c1noc(CN2CCCN(c3ccc([N+](=O)[O-])cc3F)CC2)n1. The number of hydrogen-bond donors (Lipinski definition) is 0. The van der Waals surface area contributed by atoms with Crippen molar-refractivity contribution in [3.8, 4) is 0 Å². The number of ether oxygens (including phenoxy) is 1. The number of aromatic nitrogens is 2. The highest BCUT2D eigenvalue weighted by Crippen LogP contribution is 2.25. The van der Waals surface area contributed by atoms with Crippen LogP contribution in [0.5, 0.6) is 0 Å². The molecule has 1 atom stereocenters. The van der Waals surface area contributed by atoms with Gasteiger partial charge in [-0.25, -0.2) is 4.39 Å². The Kier molecular flexibility index (Phi) is 5.97. The summed E-state index contributed by atoms with van der Waals surface area (Å²) in [5.41, 5.74) is 0.140. The van der Waals surface area contributed by atoms with Crippen molar-refractivity contribution in [3.05, 3.63) is 45.8 Å². The van der Waals surface area contributed by atoms with E-state index in [2.05, 4.69) is 15.0 Å². The van der Waals surface area contributed by atoms with E-state index >= 15 is 0 Å². The summed E-state index contributed by atoms with van der Waals surface area (Å²) in [4.78, 5) is 18.6. The van der Waals surface area contributed by atoms with Crippen LogP contribution in [0.4, 0.5) is 15.8 Å². The predicted molar refractivity (Wildman–Crippen MR) is 94.9 cm³/mol. The molecular formula is C17H22FN5O4. The van der Waals surface area contributed by atoms with E-state index in [0.717, 1.165) is 19.0 Å². The van der Waals surface area contributed by atoms with Crippen LogP contribution in [0.1, 0.15) is 31.2 Å². The van der Waals surface area contributed by atoms with Crippen LogP contribution in [-0.2, 0) is 11.3 Å². The number of nitro groups is 1. The molecule has 2 aromatic rings. The van der Waals surface area contributed by atoms with Crippen LogP contribution in [0.15, 0.2) is 22.7 Å². The van der Waals surface area contributed by atoms with Gasteiger partial charge in [-0.3, -0.25) is 15.0 Å². The molecule has 0 bridgehead atoms. The number of nitro benzene ring substituents is 1. The number of methoxy groups -OCH3 is 1. The normalized spacial score (nSPS) is 16.9. The molecule has 0 amide bonds. The predicted octanol–water partition coefficient (Wildman–Crippen LogP) is 2.54. The minimum absolute atomic E-state index is 0.229. The van der Waals surface area contributed by atoms with Crippen molar-refractivity contribution in [2.75, 3.05) is 38.2 Å². The zero-order valence-corrected chi connectivity index (χ0v) is 15.3. The molecule has 0 spiro atoms. The van der Waals surface area contributed by atoms with Crippen molar-refractivity contribution in [2.45, 2.75) is 26.0 Å². The maximum absolute atomic E-state index is 14.3. The Bertz CT molecular complexity index is 799. The van der Waals surface area contributed by atoms with Gasteiger partial charge in [-0.1, -0.05) is 5.16 Å². The minimum atomic E-state index is -0.597. The number of rotatable bonds is 6. The second kappa shape index (κ2) is 8.40. The summed E-state index contributed by atoms with van der Waals surface area (Å²) in [5, 5.41) is 14.7. The molecule has 0 aliphatic carbocycles. The summed E-state index contributed by atoms with van der Waals surface area (Å²) >= 11 is 0. The number of nitrogens with zero attached hydrogens (tertiary/aromatic N) is 5. The third kappa shape index (κ3) is 4.58. The summed E-state index contributed by atoms with van der Waals surface area (Å²) in [7, 11) is 1.58. The van der Waals surface area contributed by atoms with E-state index in [1.54, 1.807) is 7.11 Å². The molecule has 2 heterocycles. The van der Waals surface area contributed by atoms with Gasteiger partial charge in [-0.15, -0.1) is 0 Å². The number of halogens is 1. The Labute approximate surface area is 155 Å². The maximum Gasteiger partial charge on any atom is 0.272 e. The molecule has 10 heteroatoms. The Morgan fingerprint density at radius 3 is 2.89 bits per heavy atom. The average molecular weight is 379 g/mol. The van der Waals surface area contributed by atoms with Gasteiger partial charge in [0.2, 0.25) is 5.89 Å². The topological polar surface area (TPSA) is 97.8 Å². The molecule has 0 N–H and O–H groups in total. The highest BCUT2D eigenvalue weighted by atomic mass is 19.1. The molecule has 1 fully saturated rings. The van der Waals surface area contributed by atoms with Gasteiger partial charge in [0.05, 0.1) is 23.2 Å². The summed E-state index contributed by atoms with van der Waals surface area (Å²) in [5.74, 6) is 0.452. The lowest BCUT2D eigenvalue weighted by molar-refractivity contribution is -0.385. The molecule has 0 radical (unpaired) electrons. The number of anilines is 1. The Hall–Kier alpha value is -2.59. The number of non-ortho nitro benzene ring substituents is 1. The van der Waals surface area contributed by atoms with E-state index in [4.69, 9.17) is 9.26 Å². The average Bonchev–Trinajstić information content (AvgIpc) is 3.00. The first-order chi connectivity index (χ1) is 13.0. The molecule has 1 aliphatic rings. The third-order valence-corrected chi connectivity index (χ3v) is 4.63. The summed E-state index contributed by atoms with van der Waals surface area (Å²) in [6.45, 7) is 5.12. The van der Waals surface area contributed by atoms with Gasteiger partial charge in [0, 0.05) is 39.4 Å². The lowest BCUT2D eigenvalue weighted by atomic mass is 10.2. The standard InChI is InChI=1S/C17H22FN5O4/c1-12(26-2)17-19-16(27-20-17)11-21-6-3-7-22(9-8-21)15-5-4-13(23(24)25)10-14(15)18/h4-5,10,12H,3,6-9,11H2,1-2H3. The molecule has 27 heavy (non-hydrogen) atoms. The Balaban J connectivity index is 1.62. The van der Waals surface area contributed by atoms with E-state index in [1.165, 1.54) is 12.1 Å². The molecule has 0 saturated carbocycles. The first kappa shape index (κ1) is 19.2. The highest BCUT2D eigenvalue weighted by molar-refractivity contribution is 5.52. The van der Waals surface area contributed by atoms with Crippen LogP contribution in [-0.4, -0.2) is 53.3 Å². The minimum Gasteiger partial charge on any atom is -0.374 e. The van der Waals surface area contributed by atoms with E-state index in [-0.39, 0.29) is 11.8 Å². The van der Waals surface area contributed by atoms with Crippen molar-refractivity contribution in [1.29, 1.82) is 0 Å². The molecule has 1 aromatic heterocycles. The van der Waals surface area contributed by atoms with Crippen molar-refractivity contribution < 1.29 is 18.6 Å². The molecule has 146 valence electrons. The first-order valence-electron chi connectivity index (χ1n) is 8.74. The molecule has 1 unspecified atom stereocenters. The highest BCUT2D eigenvalue weighted by Gasteiger charge is 2.21. The van der Waals surface area contributed by atoms with Crippen LogP contribution >= 0.6 is 0 Å². The first-order valence-corrected chi connectivity index (χ1v) is 8.74. The second-order valence-electron chi connectivity index (χ2n) is 6.43. The van der Waals surface area contributed by atoms with Crippen LogP contribution in [0.3, 0.4) is 0 Å². The lowest BCUT2D eigenvalue weighted by Crippen LogP contribution is -2.31. The zero-order valence-electron chi connectivity index (χ0n) is 15.3. The fourth-order valence-electron chi connectivity index (χ4n) is 3.03. The van der Waals surface area contributed by atoms with Crippen LogP contribution in [0.25, 0.3) is 0 Å². The van der Waals surface area contributed by atoms with Gasteiger partial charge in [-0.2, -0.15) is 4.98 Å². The number of benzene rings is 1. The largest absolute Gasteiger partial charge is 0.374 e. The summed E-state index contributed by atoms with van der Waals surface area (Å²) in [6, 6.07) is 3.77. The van der Waals surface area contributed by atoms with Gasteiger partial charge in [0.15, 0.2) is 11.6 Å². The van der Waals surface area contributed by atoms with Crippen LogP contribution < -0.4 is 4.90 Å². The Morgan fingerprint density at radius 2 is 2.19 bits per heavy atom. The van der Waals surface area contributed by atoms with E-state index in [1.807, 2.05) is 11.8 Å². The molecule has 1 aromatic carbocycles. The van der Waals surface area contributed by atoms with Crippen LogP contribution in [0, 0.1) is 15.9 Å². The molecular weight excluding hydrogens is 357 g/mol.